The van der Waals surface area contributed by atoms with E-state index in [2.05, 4.69) is 31.2 Å². The van der Waals surface area contributed by atoms with Crippen molar-refractivity contribution in [3.63, 3.8) is 0 Å². The Bertz CT molecular complexity index is 423. The molecule has 17 heavy (non-hydrogen) atoms. The second-order valence-electron chi connectivity index (χ2n) is 4.39. The molecule has 1 aliphatic rings. The number of aryl methyl sites for hydroxylation is 1. The lowest BCUT2D eigenvalue weighted by molar-refractivity contribution is -0.115. The molecule has 2 nitrogen and oxygen atoms in total. The molecule has 0 aromatic heterocycles. The normalized spacial score (nSPS) is 16.3. The van der Waals surface area contributed by atoms with E-state index in [-0.39, 0.29) is 0 Å². The average molecular weight is 229 g/mol. The Kier molecular flexibility index (Phi) is 3.97. The van der Waals surface area contributed by atoms with Crippen LogP contribution < -0.4 is 0 Å². The first kappa shape index (κ1) is 11.9. The number of carbonyl (C=O) groups excluding carboxylic acids is 1. The van der Waals surface area contributed by atoms with Crippen molar-refractivity contribution < 1.29 is 4.79 Å². The van der Waals surface area contributed by atoms with E-state index < -0.39 is 0 Å². The third-order valence-corrected chi connectivity index (χ3v) is 3.30. The summed E-state index contributed by atoms with van der Waals surface area (Å²) in [6, 6.07) is 8.37. The van der Waals surface area contributed by atoms with Crippen LogP contribution in [0.5, 0.6) is 0 Å². The van der Waals surface area contributed by atoms with Crippen molar-refractivity contribution in [3.05, 3.63) is 41.5 Å². The molecule has 0 saturated carbocycles. The predicted octanol–water partition coefficient (Wildman–Crippen LogP) is 3.23. The molecule has 1 heterocycles. The predicted molar refractivity (Wildman–Crippen MR) is 70.4 cm³/mol. The van der Waals surface area contributed by atoms with Crippen molar-refractivity contribution in [1.82, 2.24) is 4.90 Å². The van der Waals surface area contributed by atoms with E-state index >= 15 is 0 Å². The van der Waals surface area contributed by atoms with Crippen molar-refractivity contribution in [3.8, 4) is 0 Å². The Morgan fingerprint density at radius 2 is 2.12 bits per heavy atom. The van der Waals surface area contributed by atoms with Crippen molar-refractivity contribution in [2.75, 3.05) is 6.54 Å². The fourth-order valence-corrected chi connectivity index (χ4v) is 2.36. The van der Waals surface area contributed by atoms with Gasteiger partial charge in [0, 0.05) is 17.8 Å². The van der Waals surface area contributed by atoms with Crippen LogP contribution in [-0.4, -0.2) is 17.9 Å². The minimum Gasteiger partial charge on any atom is -0.315 e. The van der Waals surface area contributed by atoms with Gasteiger partial charge in [-0.25, -0.2) is 0 Å². The van der Waals surface area contributed by atoms with Gasteiger partial charge in [-0.1, -0.05) is 37.3 Å². The summed E-state index contributed by atoms with van der Waals surface area (Å²) < 4.78 is 0. The van der Waals surface area contributed by atoms with Crippen molar-refractivity contribution in [2.45, 2.75) is 32.6 Å². The molecule has 1 amide bonds. The molecule has 90 valence electrons. The summed E-state index contributed by atoms with van der Waals surface area (Å²) in [7, 11) is 0. The highest BCUT2D eigenvalue weighted by molar-refractivity contribution is 5.76. The minimum atomic E-state index is 0.841. The zero-order valence-electron chi connectivity index (χ0n) is 10.4. The van der Waals surface area contributed by atoms with E-state index in [4.69, 9.17) is 0 Å². The molecule has 1 aliphatic heterocycles. The highest BCUT2D eigenvalue weighted by atomic mass is 16.1. The molecular formula is C15H19NO. The van der Waals surface area contributed by atoms with Crippen LogP contribution in [0.3, 0.4) is 0 Å². The first-order chi connectivity index (χ1) is 8.36. The molecule has 0 fully saturated rings. The van der Waals surface area contributed by atoms with Crippen LogP contribution in [-0.2, 0) is 11.2 Å². The summed E-state index contributed by atoms with van der Waals surface area (Å²) in [5, 5.41) is 0. The molecule has 0 atom stereocenters. The molecular weight excluding hydrogens is 210 g/mol. The van der Waals surface area contributed by atoms with Gasteiger partial charge in [0.05, 0.1) is 0 Å². The lowest BCUT2D eigenvalue weighted by atomic mass is 10.0. The van der Waals surface area contributed by atoms with Crippen LogP contribution in [0.1, 0.15) is 37.3 Å². The number of benzene rings is 1. The lowest BCUT2D eigenvalue weighted by Crippen LogP contribution is -2.21. The molecule has 1 aromatic rings. The van der Waals surface area contributed by atoms with Crippen LogP contribution in [0.2, 0.25) is 0 Å². The Morgan fingerprint density at radius 3 is 2.88 bits per heavy atom. The fraction of sp³-hybridized carbons (Fsp3) is 0.400. The largest absolute Gasteiger partial charge is 0.315 e. The maximum atomic E-state index is 11.2. The molecule has 1 aromatic carbocycles. The Balaban J connectivity index is 2.41. The monoisotopic (exact) mass is 229 g/mol. The van der Waals surface area contributed by atoms with Gasteiger partial charge in [-0.05, 0) is 31.2 Å². The van der Waals surface area contributed by atoms with E-state index in [1.807, 2.05) is 11.0 Å². The highest BCUT2D eigenvalue weighted by Gasteiger charge is 2.15. The quantitative estimate of drug-likeness (QED) is 0.729. The number of nitrogens with zero attached hydrogens (tertiary/aromatic N) is 1. The van der Waals surface area contributed by atoms with E-state index in [1.54, 1.807) is 0 Å². The summed E-state index contributed by atoms with van der Waals surface area (Å²) in [6.07, 6.45) is 7.49. The van der Waals surface area contributed by atoms with E-state index in [9.17, 15) is 4.79 Å². The Hall–Kier alpha value is -1.57. The molecule has 0 radical (unpaired) electrons. The third-order valence-electron chi connectivity index (χ3n) is 3.30. The van der Waals surface area contributed by atoms with Crippen molar-refractivity contribution in [2.24, 2.45) is 0 Å². The summed E-state index contributed by atoms with van der Waals surface area (Å²) in [5.41, 5.74) is 3.62. The minimum absolute atomic E-state index is 0.841. The van der Waals surface area contributed by atoms with Crippen molar-refractivity contribution in [1.29, 1.82) is 0 Å². The average Bonchev–Trinajstić information content (AvgIpc) is 2.63. The summed E-state index contributed by atoms with van der Waals surface area (Å²) in [4.78, 5) is 13.0. The van der Waals surface area contributed by atoms with Gasteiger partial charge in [0.2, 0.25) is 6.41 Å². The molecule has 0 saturated heterocycles. The molecule has 0 spiro atoms. The van der Waals surface area contributed by atoms with Gasteiger partial charge in [0.15, 0.2) is 0 Å². The first-order valence-electron chi connectivity index (χ1n) is 6.37. The number of amides is 1. The second kappa shape index (κ2) is 5.67. The molecule has 0 N–H and O–H groups in total. The summed E-state index contributed by atoms with van der Waals surface area (Å²) in [5.74, 6) is 0. The number of allylic oxidation sites excluding steroid dienone is 1. The van der Waals surface area contributed by atoms with Gasteiger partial charge < -0.3 is 4.90 Å². The zero-order chi connectivity index (χ0) is 12.1. The van der Waals surface area contributed by atoms with Gasteiger partial charge in [-0.2, -0.15) is 0 Å². The van der Waals surface area contributed by atoms with Crippen LogP contribution in [0.4, 0.5) is 0 Å². The van der Waals surface area contributed by atoms with Crippen LogP contribution in [0, 0.1) is 0 Å². The van der Waals surface area contributed by atoms with Crippen LogP contribution in [0.25, 0.3) is 5.70 Å². The summed E-state index contributed by atoms with van der Waals surface area (Å²) >= 11 is 0. The van der Waals surface area contributed by atoms with Gasteiger partial charge >= 0.3 is 0 Å². The highest BCUT2D eigenvalue weighted by Crippen LogP contribution is 2.26. The maximum absolute atomic E-state index is 11.2. The second-order valence-corrected chi connectivity index (χ2v) is 4.39. The molecule has 0 unspecified atom stereocenters. The first-order valence-corrected chi connectivity index (χ1v) is 6.37. The zero-order valence-corrected chi connectivity index (χ0v) is 10.4. The van der Waals surface area contributed by atoms with Crippen LogP contribution in [0.15, 0.2) is 30.3 Å². The number of hydrogen-bond acceptors (Lipinski definition) is 1. The van der Waals surface area contributed by atoms with Gasteiger partial charge in [0.1, 0.15) is 0 Å². The number of hydrogen-bond donors (Lipinski definition) is 0. The molecule has 2 heteroatoms. The molecule has 0 aliphatic carbocycles. The number of carbonyl (C=O) groups is 1. The lowest BCUT2D eigenvalue weighted by Gasteiger charge is -2.21. The SMILES string of the molecule is CCc1ccccc1C1=CCCCCN1C=O. The smallest absolute Gasteiger partial charge is 0.214 e. The Morgan fingerprint density at radius 1 is 1.29 bits per heavy atom. The molecule has 2 rings (SSSR count). The Labute approximate surface area is 103 Å². The van der Waals surface area contributed by atoms with Gasteiger partial charge in [0.25, 0.3) is 0 Å². The van der Waals surface area contributed by atoms with E-state index in [0.29, 0.717) is 0 Å². The van der Waals surface area contributed by atoms with Gasteiger partial charge in [-0.3, -0.25) is 4.79 Å². The molecule has 0 bridgehead atoms. The fourth-order valence-electron chi connectivity index (χ4n) is 2.36. The maximum Gasteiger partial charge on any atom is 0.214 e. The third kappa shape index (κ3) is 2.57. The topological polar surface area (TPSA) is 20.3 Å². The van der Waals surface area contributed by atoms with E-state index in [0.717, 1.165) is 37.9 Å². The van der Waals surface area contributed by atoms with Gasteiger partial charge in [-0.15, -0.1) is 0 Å². The van der Waals surface area contributed by atoms with Crippen LogP contribution >= 0.6 is 0 Å². The standard InChI is InChI=1S/C15H19NO/c1-2-13-8-5-6-9-14(13)15-10-4-3-7-11-16(15)12-17/h5-6,8-10,12H,2-4,7,11H2,1H3. The van der Waals surface area contributed by atoms with E-state index in [1.165, 1.54) is 17.5 Å². The van der Waals surface area contributed by atoms with Crippen molar-refractivity contribution >= 4 is 12.1 Å². The summed E-state index contributed by atoms with van der Waals surface area (Å²) in [6.45, 7) is 2.99. The number of rotatable bonds is 3.